The molecular formula is C26H32N4O6S. The molecule has 3 atom stereocenters. The first-order valence-corrected chi connectivity index (χ1v) is 13.3. The maximum atomic E-state index is 13.5. The van der Waals surface area contributed by atoms with Crippen LogP contribution >= 0.6 is 11.8 Å². The third kappa shape index (κ3) is 6.92. The second-order valence-corrected chi connectivity index (χ2v) is 10.6. The van der Waals surface area contributed by atoms with Crippen molar-refractivity contribution < 1.29 is 24.0 Å². The monoisotopic (exact) mass is 528 g/mol. The van der Waals surface area contributed by atoms with Crippen LogP contribution < -0.4 is 10.1 Å². The van der Waals surface area contributed by atoms with Crippen molar-refractivity contribution in [1.29, 1.82) is 0 Å². The van der Waals surface area contributed by atoms with E-state index in [1.807, 2.05) is 36.1 Å². The highest BCUT2D eigenvalue weighted by Crippen LogP contribution is 2.32. The summed E-state index contributed by atoms with van der Waals surface area (Å²) in [5.41, 5.74) is 1.76. The van der Waals surface area contributed by atoms with Crippen LogP contribution in [0.15, 0.2) is 48.5 Å². The van der Waals surface area contributed by atoms with Gasteiger partial charge in [0.25, 0.3) is 5.69 Å². The Labute approximate surface area is 220 Å². The van der Waals surface area contributed by atoms with E-state index in [9.17, 15) is 19.7 Å². The summed E-state index contributed by atoms with van der Waals surface area (Å²) < 4.78 is 10.8. The number of carbonyl (C=O) groups is 2. The van der Waals surface area contributed by atoms with Gasteiger partial charge in [-0.05, 0) is 48.7 Å². The van der Waals surface area contributed by atoms with Crippen LogP contribution in [0.5, 0.6) is 5.75 Å². The molecule has 2 aromatic rings. The van der Waals surface area contributed by atoms with Gasteiger partial charge in [-0.1, -0.05) is 12.1 Å². The maximum Gasteiger partial charge on any atom is 0.410 e. The van der Waals surface area contributed by atoms with Gasteiger partial charge in [0.05, 0.1) is 12.0 Å². The Morgan fingerprint density at radius 2 is 1.81 bits per heavy atom. The highest BCUT2D eigenvalue weighted by molar-refractivity contribution is 7.99. The van der Waals surface area contributed by atoms with Crippen LogP contribution in [-0.2, 0) is 21.9 Å². The molecule has 2 aromatic carbocycles. The van der Waals surface area contributed by atoms with Gasteiger partial charge in [-0.25, -0.2) is 4.79 Å². The quantitative estimate of drug-likeness (QED) is 0.409. The van der Waals surface area contributed by atoms with Crippen molar-refractivity contribution in [1.82, 2.24) is 15.1 Å². The van der Waals surface area contributed by atoms with Crippen molar-refractivity contribution in [2.24, 2.45) is 0 Å². The molecule has 2 saturated heterocycles. The van der Waals surface area contributed by atoms with E-state index in [2.05, 4.69) is 5.32 Å². The van der Waals surface area contributed by atoms with Crippen LogP contribution in [-0.4, -0.2) is 77.3 Å². The smallest absolute Gasteiger partial charge is 0.410 e. The molecule has 0 aromatic heterocycles. The van der Waals surface area contributed by atoms with E-state index in [4.69, 9.17) is 9.47 Å². The van der Waals surface area contributed by atoms with E-state index >= 15 is 0 Å². The largest absolute Gasteiger partial charge is 0.497 e. The molecule has 10 nitrogen and oxygen atoms in total. The molecule has 2 aliphatic heterocycles. The Balaban J connectivity index is 1.41. The fourth-order valence-electron chi connectivity index (χ4n) is 4.58. The van der Waals surface area contributed by atoms with Gasteiger partial charge in [0.15, 0.2) is 0 Å². The Kier molecular flexibility index (Phi) is 8.88. The summed E-state index contributed by atoms with van der Waals surface area (Å²) in [6.07, 6.45) is 0.0114. The van der Waals surface area contributed by atoms with Crippen LogP contribution in [0, 0.1) is 10.1 Å². The maximum absolute atomic E-state index is 13.5. The molecule has 1 N–H and O–H groups in total. The van der Waals surface area contributed by atoms with Gasteiger partial charge in [0.1, 0.15) is 18.4 Å². The van der Waals surface area contributed by atoms with Crippen molar-refractivity contribution >= 4 is 29.4 Å². The molecule has 37 heavy (non-hydrogen) atoms. The summed E-state index contributed by atoms with van der Waals surface area (Å²) >= 11 is 1.72. The zero-order chi connectivity index (χ0) is 26.4. The SMILES string of the molecule is COc1ccc(CS[C@H]2C[C@@H](C(=O)N3CCNC(C)C3)N(C(=O)OCc3ccc([N+](=O)[O-])cc3)C2)cc1. The van der Waals surface area contributed by atoms with E-state index in [1.165, 1.54) is 12.1 Å². The van der Waals surface area contributed by atoms with Gasteiger partial charge >= 0.3 is 6.09 Å². The molecule has 198 valence electrons. The number of carbonyl (C=O) groups excluding carboxylic acids is 2. The lowest BCUT2D eigenvalue weighted by atomic mass is 10.1. The Bertz CT molecular complexity index is 1100. The molecule has 4 rings (SSSR count). The number of ether oxygens (including phenoxy) is 2. The third-order valence-electron chi connectivity index (χ3n) is 6.62. The molecule has 2 fully saturated rings. The van der Waals surface area contributed by atoms with E-state index in [0.717, 1.165) is 23.6 Å². The zero-order valence-corrected chi connectivity index (χ0v) is 21.8. The van der Waals surface area contributed by atoms with Gasteiger partial charge in [-0.2, -0.15) is 11.8 Å². The first-order chi connectivity index (χ1) is 17.8. The molecule has 1 unspecified atom stereocenters. The lowest BCUT2D eigenvalue weighted by Crippen LogP contribution is -2.56. The van der Waals surface area contributed by atoms with Crippen LogP contribution in [0.4, 0.5) is 10.5 Å². The van der Waals surface area contributed by atoms with Crippen LogP contribution in [0.1, 0.15) is 24.5 Å². The van der Waals surface area contributed by atoms with Gasteiger partial charge in [-0.15, -0.1) is 0 Å². The summed E-state index contributed by atoms with van der Waals surface area (Å²) in [5.74, 6) is 1.51. The van der Waals surface area contributed by atoms with Crippen LogP contribution in [0.25, 0.3) is 0 Å². The molecule has 0 bridgehead atoms. The number of rotatable bonds is 8. The summed E-state index contributed by atoms with van der Waals surface area (Å²) in [7, 11) is 1.63. The van der Waals surface area contributed by atoms with Gasteiger partial charge in [0, 0.05) is 55.4 Å². The van der Waals surface area contributed by atoms with E-state index < -0.39 is 17.1 Å². The fraction of sp³-hybridized carbons (Fsp3) is 0.462. The zero-order valence-electron chi connectivity index (χ0n) is 21.0. The molecule has 0 saturated carbocycles. The molecule has 2 aliphatic rings. The van der Waals surface area contributed by atoms with Crippen molar-refractivity contribution in [2.45, 2.75) is 43.0 Å². The third-order valence-corrected chi connectivity index (χ3v) is 7.93. The normalized spacial score (nSPS) is 21.5. The Hall–Kier alpha value is -3.31. The minimum atomic E-state index is -0.581. The first-order valence-electron chi connectivity index (χ1n) is 12.3. The molecular weight excluding hydrogens is 496 g/mol. The second kappa shape index (κ2) is 12.3. The van der Waals surface area contributed by atoms with Crippen molar-refractivity contribution in [3.63, 3.8) is 0 Å². The van der Waals surface area contributed by atoms with Crippen molar-refractivity contribution in [3.8, 4) is 5.75 Å². The predicted octanol–water partition coefficient (Wildman–Crippen LogP) is 3.44. The number of thioether (sulfide) groups is 1. The van der Waals surface area contributed by atoms with Crippen molar-refractivity contribution in [2.75, 3.05) is 33.3 Å². The Morgan fingerprint density at radius 1 is 1.11 bits per heavy atom. The van der Waals surface area contributed by atoms with Crippen LogP contribution in [0.3, 0.4) is 0 Å². The lowest BCUT2D eigenvalue weighted by Gasteiger charge is -2.35. The highest BCUT2D eigenvalue weighted by atomic mass is 32.2. The minimum Gasteiger partial charge on any atom is -0.497 e. The summed E-state index contributed by atoms with van der Waals surface area (Å²) in [5, 5.41) is 14.3. The number of hydrogen-bond acceptors (Lipinski definition) is 8. The molecule has 0 radical (unpaired) electrons. The number of hydrogen-bond donors (Lipinski definition) is 1. The van der Waals surface area contributed by atoms with Gasteiger partial charge in [-0.3, -0.25) is 19.8 Å². The molecule has 0 spiro atoms. The fourth-order valence-corrected chi connectivity index (χ4v) is 5.78. The number of nitrogens with one attached hydrogen (secondary N) is 1. The average Bonchev–Trinajstić information content (AvgIpc) is 3.35. The molecule has 2 amide bonds. The van der Waals surface area contributed by atoms with E-state index in [0.29, 0.717) is 31.6 Å². The molecule has 2 heterocycles. The second-order valence-electron chi connectivity index (χ2n) is 9.30. The summed E-state index contributed by atoms with van der Waals surface area (Å²) in [6.45, 7) is 4.36. The number of non-ortho nitro benzene ring substituents is 1. The average molecular weight is 529 g/mol. The number of methoxy groups -OCH3 is 1. The van der Waals surface area contributed by atoms with E-state index in [1.54, 1.807) is 35.9 Å². The predicted molar refractivity (Wildman–Crippen MR) is 141 cm³/mol. The number of benzene rings is 2. The van der Waals surface area contributed by atoms with Crippen LogP contribution in [0.2, 0.25) is 0 Å². The molecule has 0 aliphatic carbocycles. The van der Waals surface area contributed by atoms with Crippen molar-refractivity contribution in [3.05, 3.63) is 69.8 Å². The number of likely N-dealkylation sites (tertiary alicyclic amines) is 1. The Morgan fingerprint density at radius 3 is 2.46 bits per heavy atom. The summed E-state index contributed by atoms with van der Waals surface area (Å²) in [4.78, 5) is 40.4. The summed E-state index contributed by atoms with van der Waals surface area (Å²) in [6, 6.07) is 13.4. The number of nitrogens with zero attached hydrogens (tertiary/aromatic N) is 3. The highest BCUT2D eigenvalue weighted by Gasteiger charge is 2.42. The minimum absolute atomic E-state index is 0.0252. The van der Waals surface area contributed by atoms with E-state index in [-0.39, 0.29) is 29.5 Å². The van der Waals surface area contributed by atoms with Gasteiger partial charge < -0.3 is 19.7 Å². The standard InChI is InChI=1S/C26H32N4O6S/c1-18-14-28(12-11-27-18)25(31)24-13-23(37-17-20-5-9-22(35-2)10-6-20)15-29(24)26(32)36-16-19-3-7-21(8-4-19)30(33)34/h3-10,18,23-24,27H,11-17H2,1-2H3/t18?,23-,24-/m0/s1. The lowest BCUT2D eigenvalue weighted by molar-refractivity contribution is -0.384. The number of amides is 2. The topological polar surface area (TPSA) is 114 Å². The number of piperazine rings is 1. The first kappa shape index (κ1) is 26.7. The van der Waals surface area contributed by atoms with Gasteiger partial charge in [0.2, 0.25) is 5.91 Å². The molecule has 11 heteroatoms. The number of nitro groups is 1. The number of nitro benzene ring substituents is 1.